The predicted molar refractivity (Wildman–Crippen MR) is 69.3 cm³/mol. The lowest BCUT2D eigenvalue weighted by Crippen LogP contribution is -2.26. The van der Waals surface area contributed by atoms with E-state index >= 15 is 0 Å². The summed E-state index contributed by atoms with van der Waals surface area (Å²) in [5, 5.41) is 12.1. The fraction of sp³-hybridized carbons (Fsp3) is 0.250. The Bertz CT molecular complexity index is 577. The molecule has 0 aliphatic carbocycles. The quantitative estimate of drug-likeness (QED) is 0.914. The van der Waals surface area contributed by atoms with E-state index in [0.717, 1.165) is 21.2 Å². The topological polar surface area (TPSA) is 53.7 Å². The molecule has 1 atom stereocenters. The minimum absolute atomic E-state index is 0.712. The lowest BCUT2D eigenvalue weighted by Gasteiger charge is -2.13. The molecule has 0 aliphatic rings. The number of pyridine rings is 1. The number of hydrogen-bond donors (Lipinski definition) is 2. The number of aliphatic carboxylic acids is 1. The van der Waals surface area contributed by atoms with Crippen LogP contribution < -0.4 is 5.32 Å². The number of aromatic nitrogens is 1. The van der Waals surface area contributed by atoms with Gasteiger partial charge in [0.2, 0.25) is 0 Å². The summed E-state index contributed by atoms with van der Waals surface area (Å²) in [5.41, 5.74) is 2.67. The average Bonchev–Trinajstić information content (AvgIpc) is 2.56. The van der Waals surface area contributed by atoms with Gasteiger partial charge in [0.25, 0.3) is 0 Å². The maximum absolute atomic E-state index is 11.2. The molecule has 17 heavy (non-hydrogen) atoms. The van der Waals surface area contributed by atoms with Crippen molar-refractivity contribution in [2.24, 2.45) is 0 Å². The van der Waals surface area contributed by atoms with Gasteiger partial charge in [0.05, 0.1) is 11.2 Å². The number of carboxylic acid groups (broad SMARTS) is 1. The monoisotopic (exact) mass is 296 g/mol. The van der Waals surface area contributed by atoms with Crippen molar-refractivity contribution in [3.8, 4) is 0 Å². The first-order valence-electron chi connectivity index (χ1n) is 5.23. The lowest BCUT2D eigenvalue weighted by molar-refractivity contribution is -0.139. The molecule has 0 radical (unpaired) electrons. The van der Waals surface area contributed by atoms with Crippen LogP contribution in [0, 0.1) is 6.92 Å². The summed E-state index contributed by atoms with van der Waals surface area (Å²) >= 11 is 3.51. The molecule has 0 spiro atoms. The van der Waals surface area contributed by atoms with Crippen LogP contribution in [0.25, 0.3) is 5.52 Å². The number of halogens is 1. The van der Waals surface area contributed by atoms with E-state index in [0.29, 0.717) is 0 Å². The summed E-state index contributed by atoms with van der Waals surface area (Å²) in [6.45, 7) is 1.92. The van der Waals surface area contributed by atoms with Crippen molar-refractivity contribution in [2.75, 3.05) is 7.05 Å². The van der Waals surface area contributed by atoms with E-state index in [1.54, 1.807) is 7.05 Å². The largest absolute Gasteiger partial charge is 0.480 e. The second kappa shape index (κ2) is 4.50. The van der Waals surface area contributed by atoms with Crippen molar-refractivity contribution in [2.45, 2.75) is 13.0 Å². The number of carboxylic acids is 1. The molecule has 90 valence electrons. The zero-order chi connectivity index (χ0) is 12.6. The summed E-state index contributed by atoms with van der Waals surface area (Å²) in [6.07, 6.45) is 1.87. The van der Waals surface area contributed by atoms with Crippen LogP contribution in [0.5, 0.6) is 0 Å². The van der Waals surface area contributed by atoms with E-state index in [-0.39, 0.29) is 0 Å². The summed E-state index contributed by atoms with van der Waals surface area (Å²) < 4.78 is 2.84. The Labute approximate surface area is 107 Å². The fourth-order valence-electron chi connectivity index (χ4n) is 2.05. The molecule has 0 fully saturated rings. The van der Waals surface area contributed by atoms with Gasteiger partial charge >= 0.3 is 5.97 Å². The zero-order valence-corrected chi connectivity index (χ0v) is 11.2. The molecule has 0 amide bonds. The summed E-state index contributed by atoms with van der Waals surface area (Å²) in [4.78, 5) is 11.2. The molecular formula is C12H13BrN2O2. The number of nitrogens with zero attached hydrogens (tertiary/aromatic N) is 1. The second-order valence-electron chi connectivity index (χ2n) is 3.84. The van der Waals surface area contributed by atoms with Gasteiger partial charge in [-0.1, -0.05) is 6.07 Å². The molecule has 2 N–H and O–H groups in total. The Kier molecular flexibility index (Phi) is 3.22. The summed E-state index contributed by atoms with van der Waals surface area (Å²) in [5.74, 6) is -0.883. The third kappa shape index (κ3) is 1.85. The van der Waals surface area contributed by atoms with Gasteiger partial charge in [0.1, 0.15) is 6.04 Å². The SMILES string of the molecule is CNC(C(=O)O)c1c(C)c(Br)c2ccccn12. The van der Waals surface area contributed by atoms with Crippen molar-refractivity contribution >= 4 is 27.4 Å². The Balaban J connectivity index is 2.76. The Morgan fingerprint density at radius 2 is 2.24 bits per heavy atom. The van der Waals surface area contributed by atoms with E-state index in [4.69, 9.17) is 0 Å². The Hall–Kier alpha value is -1.33. The molecule has 2 aromatic rings. The molecule has 0 bridgehead atoms. The summed E-state index contributed by atoms with van der Waals surface area (Å²) in [7, 11) is 1.65. The number of likely N-dealkylation sites (N-methyl/N-ethyl adjacent to an activating group) is 1. The minimum Gasteiger partial charge on any atom is -0.480 e. The van der Waals surface area contributed by atoms with Crippen LogP contribution in [0.3, 0.4) is 0 Å². The number of hydrogen-bond acceptors (Lipinski definition) is 2. The van der Waals surface area contributed by atoms with E-state index in [2.05, 4.69) is 21.2 Å². The maximum Gasteiger partial charge on any atom is 0.326 e. The fourth-order valence-corrected chi connectivity index (χ4v) is 2.58. The van der Waals surface area contributed by atoms with Crippen LogP contribution >= 0.6 is 15.9 Å². The van der Waals surface area contributed by atoms with Crippen molar-refractivity contribution in [3.63, 3.8) is 0 Å². The van der Waals surface area contributed by atoms with Crippen molar-refractivity contribution in [3.05, 3.63) is 40.1 Å². The Morgan fingerprint density at radius 3 is 2.82 bits per heavy atom. The Morgan fingerprint density at radius 1 is 1.53 bits per heavy atom. The van der Waals surface area contributed by atoms with Gasteiger partial charge in [-0.05, 0) is 47.6 Å². The smallest absolute Gasteiger partial charge is 0.326 e. The highest BCUT2D eigenvalue weighted by Gasteiger charge is 2.25. The molecule has 4 nitrogen and oxygen atoms in total. The van der Waals surface area contributed by atoms with E-state index in [1.165, 1.54) is 0 Å². The first-order valence-corrected chi connectivity index (χ1v) is 6.02. The van der Waals surface area contributed by atoms with Gasteiger partial charge in [-0.25, -0.2) is 0 Å². The predicted octanol–water partition coefficient (Wildman–Crippen LogP) is 2.36. The maximum atomic E-state index is 11.2. The van der Waals surface area contributed by atoms with Crippen LogP contribution in [0.4, 0.5) is 0 Å². The highest BCUT2D eigenvalue weighted by atomic mass is 79.9. The first-order chi connectivity index (χ1) is 8.07. The van der Waals surface area contributed by atoms with Crippen LogP contribution in [0.1, 0.15) is 17.3 Å². The third-order valence-corrected chi connectivity index (χ3v) is 3.87. The number of nitrogens with one attached hydrogen (secondary N) is 1. The first kappa shape index (κ1) is 12.1. The van der Waals surface area contributed by atoms with E-state index in [1.807, 2.05) is 35.7 Å². The number of carbonyl (C=O) groups is 1. The van der Waals surface area contributed by atoms with Crippen molar-refractivity contribution < 1.29 is 9.90 Å². The van der Waals surface area contributed by atoms with Gasteiger partial charge in [0.15, 0.2) is 0 Å². The van der Waals surface area contributed by atoms with Crippen molar-refractivity contribution in [1.82, 2.24) is 9.72 Å². The van der Waals surface area contributed by atoms with Gasteiger partial charge in [-0.2, -0.15) is 0 Å². The zero-order valence-electron chi connectivity index (χ0n) is 9.57. The molecular weight excluding hydrogens is 284 g/mol. The van der Waals surface area contributed by atoms with Crippen LogP contribution in [0.15, 0.2) is 28.9 Å². The second-order valence-corrected chi connectivity index (χ2v) is 4.63. The summed E-state index contributed by atoms with van der Waals surface area (Å²) in [6, 6.07) is 5.06. The molecule has 0 aliphatic heterocycles. The molecule has 2 aromatic heterocycles. The standard InChI is InChI=1S/C12H13BrN2O2/c1-7-9(13)8-5-3-4-6-15(8)11(7)10(14-2)12(16)17/h3-6,10,14H,1-2H3,(H,16,17). The molecule has 0 aromatic carbocycles. The average molecular weight is 297 g/mol. The van der Waals surface area contributed by atoms with Crippen LogP contribution in [0.2, 0.25) is 0 Å². The third-order valence-electron chi connectivity index (χ3n) is 2.87. The highest BCUT2D eigenvalue weighted by Crippen LogP contribution is 2.31. The van der Waals surface area contributed by atoms with E-state index < -0.39 is 12.0 Å². The molecule has 1 unspecified atom stereocenters. The van der Waals surface area contributed by atoms with Crippen molar-refractivity contribution in [1.29, 1.82) is 0 Å². The molecule has 2 rings (SSSR count). The molecule has 5 heteroatoms. The lowest BCUT2D eigenvalue weighted by atomic mass is 10.1. The minimum atomic E-state index is -0.883. The highest BCUT2D eigenvalue weighted by molar-refractivity contribution is 9.10. The number of fused-ring (bicyclic) bond motifs is 1. The normalized spacial score (nSPS) is 12.9. The van der Waals surface area contributed by atoms with Crippen LogP contribution in [-0.2, 0) is 4.79 Å². The molecule has 2 heterocycles. The molecule has 0 saturated heterocycles. The van der Waals surface area contributed by atoms with Gasteiger partial charge in [0, 0.05) is 10.7 Å². The number of rotatable bonds is 3. The molecule has 0 saturated carbocycles. The van der Waals surface area contributed by atoms with Gasteiger partial charge in [-0.3, -0.25) is 4.79 Å². The van der Waals surface area contributed by atoms with Gasteiger partial charge in [-0.15, -0.1) is 0 Å². The van der Waals surface area contributed by atoms with Crippen LogP contribution in [-0.4, -0.2) is 22.5 Å². The van der Waals surface area contributed by atoms with Gasteiger partial charge < -0.3 is 14.8 Å². The van der Waals surface area contributed by atoms with E-state index in [9.17, 15) is 9.90 Å².